The van der Waals surface area contributed by atoms with Crippen LogP contribution in [0.5, 0.6) is 0 Å². The summed E-state index contributed by atoms with van der Waals surface area (Å²) in [5.41, 5.74) is 2.55. The van der Waals surface area contributed by atoms with Crippen molar-refractivity contribution >= 4 is 5.97 Å². The van der Waals surface area contributed by atoms with E-state index in [1.54, 1.807) is 4.68 Å². The zero-order chi connectivity index (χ0) is 18.0. The summed E-state index contributed by atoms with van der Waals surface area (Å²) in [6.45, 7) is 5.87. The van der Waals surface area contributed by atoms with Crippen molar-refractivity contribution in [2.45, 2.75) is 25.5 Å². The van der Waals surface area contributed by atoms with Crippen LogP contribution >= 0.6 is 0 Å². The van der Waals surface area contributed by atoms with Crippen molar-refractivity contribution in [1.29, 1.82) is 0 Å². The van der Waals surface area contributed by atoms with E-state index in [0.717, 1.165) is 16.7 Å². The van der Waals surface area contributed by atoms with E-state index in [9.17, 15) is 4.79 Å². The van der Waals surface area contributed by atoms with Crippen molar-refractivity contribution in [3.8, 4) is 0 Å². The summed E-state index contributed by atoms with van der Waals surface area (Å²) in [6, 6.07) is 7.51. The second-order valence-electron chi connectivity index (χ2n) is 6.73. The lowest BCUT2D eigenvalue weighted by Gasteiger charge is -2.43. The van der Waals surface area contributed by atoms with Gasteiger partial charge in [0.25, 0.3) is 0 Å². The van der Waals surface area contributed by atoms with Gasteiger partial charge in [-0.05, 0) is 25.0 Å². The topological polar surface area (TPSA) is 56.6 Å². The fourth-order valence-electron chi connectivity index (χ4n) is 3.47. The third kappa shape index (κ3) is 3.45. The van der Waals surface area contributed by atoms with Gasteiger partial charge in [-0.25, -0.2) is 4.79 Å². The molecule has 1 aromatic heterocycles. The molecule has 6 nitrogen and oxygen atoms in total. The number of benzene rings is 1. The van der Waals surface area contributed by atoms with Gasteiger partial charge in [0.05, 0.1) is 19.9 Å². The van der Waals surface area contributed by atoms with Crippen molar-refractivity contribution in [2.75, 3.05) is 26.8 Å². The van der Waals surface area contributed by atoms with Crippen LogP contribution in [-0.2, 0) is 26.9 Å². The summed E-state index contributed by atoms with van der Waals surface area (Å²) in [5.74, 6) is -0.246. The predicted molar refractivity (Wildman–Crippen MR) is 94.0 cm³/mol. The summed E-state index contributed by atoms with van der Waals surface area (Å²) in [5, 5.41) is 4.26. The van der Waals surface area contributed by atoms with E-state index in [1.807, 2.05) is 57.6 Å². The molecule has 1 aliphatic rings. The fourth-order valence-corrected chi connectivity index (χ4v) is 3.47. The first-order valence-corrected chi connectivity index (χ1v) is 8.45. The number of ether oxygens (including phenoxy) is 2. The second-order valence-corrected chi connectivity index (χ2v) is 6.73. The highest BCUT2D eigenvalue weighted by Crippen LogP contribution is 2.34. The number of morpholine rings is 1. The molecule has 0 saturated carbocycles. The lowest BCUT2D eigenvalue weighted by atomic mass is 9.93. The third-order valence-electron chi connectivity index (χ3n) is 4.89. The van der Waals surface area contributed by atoms with Gasteiger partial charge in [0, 0.05) is 31.9 Å². The molecular weight excluding hydrogens is 318 g/mol. The van der Waals surface area contributed by atoms with Crippen molar-refractivity contribution < 1.29 is 14.3 Å². The van der Waals surface area contributed by atoms with E-state index in [4.69, 9.17) is 9.47 Å². The predicted octanol–water partition coefficient (Wildman–Crippen LogP) is 2.19. The second kappa shape index (κ2) is 6.98. The molecule has 134 valence electrons. The minimum atomic E-state index is -0.512. The van der Waals surface area contributed by atoms with Gasteiger partial charge < -0.3 is 9.47 Å². The zero-order valence-corrected chi connectivity index (χ0v) is 15.2. The van der Waals surface area contributed by atoms with Crippen LogP contribution in [0.3, 0.4) is 0 Å². The maximum atomic E-state index is 12.6. The molecule has 0 bridgehead atoms. The number of nitrogens with zero attached hydrogens (tertiary/aromatic N) is 3. The summed E-state index contributed by atoms with van der Waals surface area (Å²) in [4.78, 5) is 14.7. The fraction of sp³-hybridized carbons (Fsp3) is 0.474. The van der Waals surface area contributed by atoms with Crippen LogP contribution in [0, 0.1) is 6.92 Å². The molecule has 6 heteroatoms. The van der Waals surface area contributed by atoms with Crippen LogP contribution in [0.15, 0.2) is 36.7 Å². The highest BCUT2D eigenvalue weighted by molar-refractivity contribution is 5.78. The molecule has 1 aromatic carbocycles. The molecule has 0 aliphatic carbocycles. The molecule has 1 aliphatic heterocycles. The Morgan fingerprint density at radius 1 is 1.40 bits per heavy atom. The van der Waals surface area contributed by atoms with E-state index in [-0.39, 0.29) is 5.97 Å². The Bertz CT molecular complexity index is 758. The van der Waals surface area contributed by atoms with Crippen molar-refractivity contribution in [2.24, 2.45) is 7.05 Å². The van der Waals surface area contributed by atoms with Crippen LogP contribution < -0.4 is 0 Å². The molecule has 1 fully saturated rings. The van der Waals surface area contributed by atoms with Crippen LogP contribution in [0.1, 0.15) is 29.7 Å². The molecule has 0 N–H and O–H groups in total. The van der Waals surface area contributed by atoms with Crippen LogP contribution in [0.25, 0.3) is 0 Å². The minimum Gasteiger partial charge on any atom is -0.468 e. The van der Waals surface area contributed by atoms with Gasteiger partial charge in [0.15, 0.2) is 0 Å². The minimum absolute atomic E-state index is 0.246. The number of hydrogen-bond acceptors (Lipinski definition) is 5. The number of carbonyl (C=O) groups excluding carboxylic acids is 1. The molecule has 0 unspecified atom stereocenters. The molecular formula is C19H25N3O3. The number of rotatable bonds is 4. The Kier molecular flexibility index (Phi) is 4.92. The van der Waals surface area contributed by atoms with Crippen molar-refractivity contribution in [3.63, 3.8) is 0 Å². The van der Waals surface area contributed by atoms with E-state index in [1.165, 1.54) is 7.11 Å². The van der Waals surface area contributed by atoms with Gasteiger partial charge in [-0.15, -0.1) is 0 Å². The van der Waals surface area contributed by atoms with Crippen LogP contribution in [0.2, 0.25) is 0 Å². The molecule has 0 amide bonds. The SMILES string of the molecule is COC(=O)[C@@H](c1ccccc1C)N1CCO[C@](C)(c2cnn(C)c2)C1. The normalized spacial score (nSPS) is 22.6. The number of methoxy groups -OCH3 is 1. The summed E-state index contributed by atoms with van der Waals surface area (Å²) in [6.07, 6.45) is 3.79. The van der Waals surface area contributed by atoms with E-state index < -0.39 is 11.6 Å². The summed E-state index contributed by atoms with van der Waals surface area (Å²) >= 11 is 0. The smallest absolute Gasteiger partial charge is 0.327 e. The Morgan fingerprint density at radius 3 is 2.80 bits per heavy atom. The molecule has 1 saturated heterocycles. The molecule has 2 aromatic rings. The Hall–Kier alpha value is -2.18. The number of esters is 1. The molecule has 25 heavy (non-hydrogen) atoms. The van der Waals surface area contributed by atoms with Crippen molar-refractivity contribution in [3.05, 3.63) is 53.3 Å². The monoisotopic (exact) mass is 343 g/mol. The quantitative estimate of drug-likeness (QED) is 0.797. The average Bonchev–Trinajstić information content (AvgIpc) is 3.04. The van der Waals surface area contributed by atoms with E-state index in [0.29, 0.717) is 19.7 Å². The molecule has 3 rings (SSSR count). The number of aryl methyl sites for hydroxylation is 2. The number of hydrogen-bond donors (Lipinski definition) is 0. The van der Waals surface area contributed by atoms with Gasteiger partial charge >= 0.3 is 5.97 Å². The standard InChI is InChI=1S/C19H25N3O3/c1-14-7-5-6-8-16(14)17(18(23)24-4)22-9-10-25-19(2,13-22)15-11-20-21(3)12-15/h5-8,11-12,17H,9-10,13H2,1-4H3/t17-,19+/m1/s1. The van der Waals surface area contributed by atoms with E-state index >= 15 is 0 Å². The first kappa shape index (κ1) is 17.6. The Morgan fingerprint density at radius 2 is 2.16 bits per heavy atom. The maximum absolute atomic E-state index is 12.6. The molecule has 2 atom stereocenters. The number of carbonyl (C=O) groups is 1. The van der Waals surface area contributed by atoms with Crippen LogP contribution in [-0.4, -0.2) is 47.5 Å². The molecule has 2 heterocycles. The van der Waals surface area contributed by atoms with Gasteiger partial charge in [0.1, 0.15) is 11.6 Å². The van der Waals surface area contributed by atoms with Gasteiger partial charge in [0.2, 0.25) is 0 Å². The van der Waals surface area contributed by atoms with E-state index in [2.05, 4.69) is 10.00 Å². The first-order valence-electron chi connectivity index (χ1n) is 8.45. The summed E-state index contributed by atoms with van der Waals surface area (Å²) in [7, 11) is 3.33. The van der Waals surface area contributed by atoms with Gasteiger partial charge in [-0.1, -0.05) is 24.3 Å². The Balaban J connectivity index is 1.94. The van der Waals surface area contributed by atoms with Gasteiger partial charge in [-0.3, -0.25) is 9.58 Å². The lowest BCUT2D eigenvalue weighted by Crippen LogP contribution is -2.51. The zero-order valence-electron chi connectivity index (χ0n) is 15.2. The highest BCUT2D eigenvalue weighted by Gasteiger charge is 2.40. The summed E-state index contributed by atoms with van der Waals surface area (Å²) < 4.78 is 13.0. The third-order valence-corrected chi connectivity index (χ3v) is 4.89. The molecule has 0 spiro atoms. The molecule has 0 radical (unpaired) electrons. The van der Waals surface area contributed by atoms with Crippen molar-refractivity contribution in [1.82, 2.24) is 14.7 Å². The van der Waals surface area contributed by atoms with Crippen LogP contribution in [0.4, 0.5) is 0 Å². The lowest BCUT2D eigenvalue weighted by molar-refractivity contribution is -0.157. The highest BCUT2D eigenvalue weighted by atomic mass is 16.5. The Labute approximate surface area is 148 Å². The maximum Gasteiger partial charge on any atom is 0.327 e. The van der Waals surface area contributed by atoms with Gasteiger partial charge in [-0.2, -0.15) is 5.10 Å². The first-order chi connectivity index (χ1) is 11.9. The average molecular weight is 343 g/mol. The number of aromatic nitrogens is 2. The largest absolute Gasteiger partial charge is 0.468 e.